The van der Waals surface area contributed by atoms with E-state index in [1.54, 1.807) is 12.1 Å². The molecule has 0 bridgehead atoms. The molecule has 192 valence electrons. The van der Waals surface area contributed by atoms with Gasteiger partial charge in [-0.05, 0) is 73.6 Å². The molecule has 0 saturated heterocycles. The van der Waals surface area contributed by atoms with Crippen molar-refractivity contribution in [3.63, 3.8) is 0 Å². The number of fused-ring (bicyclic) bond motifs is 2. The average Bonchev–Trinajstić information content (AvgIpc) is 2.75. The van der Waals surface area contributed by atoms with E-state index in [1.807, 2.05) is 12.1 Å². The third-order valence-electron chi connectivity index (χ3n) is 7.78. The highest BCUT2D eigenvalue weighted by Gasteiger charge is 2.33. The molecule has 2 aliphatic carbocycles. The van der Waals surface area contributed by atoms with Crippen molar-refractivity contribution in [3.8, 4) is 0 Å². The van der Waals surface area contributed by atoms with Crippen LogP contribution in [0, 0.1) is 10.8 Å². The van der Waals surface area contributed by atoms with Gasteiger partial charge in [-0.25, -0.2) is 0 Å². The maximum absolute atomic E-state index is 11.8. The first-order chi connectivity index (χ1) is 16.6. The van der Waals surface area contributed by atoms with Crippen LogP contribution in [0.5, 0.6) is 0 Å². The van der Waals surface area contributed by atoms with Crippen LogP contribution < -0.4 is 21.8 Å². The molecule has 0 amide bonds. The Morgan fingerprint density at radius 1 is 0.686 bits per heavy atom. The largest absolute Gasteiger partial charge is 0.326 e. The van der Waals surface area contributed by atoms with Gasteiger partial charge in [-0.2, -0.15) is 0 Å². The number of pyridine rings is 2. The Kier molecular flexibility index (Phi) is 8.02. The van der Waals surface area contributed by atoms with E-state index in [9.17, 15) is 9.59 Å². The molecule has 0 aromatic carbocycles. The summed E-state index contributed by atoms with van der Waals surface area (Å²) in [7, 11) is 0. The smallest absolute Gasteiger partial charge is 0.248 e. The molecule has 0 radical (unpaired) electrons. The van der Waals surface area contributed by atoms with Gasteiger partial charge in [-0.1, -0.05) is 59.1 Å². The Hall–Kier alpha value is -2.18. The lowest BCUT2D eigenvalue weighted by Gasteiger charge is -2.37. The molecular formula is C29H44N4O2. The molecule has 6 heteroatoms. The minimum atomic E-state index is 0.000952. The molecule has 2 atom stereocenters. The first kappa shape index (κ1) is 25.9. The van der Waals surface area contributed by atoms with Gasteiger partial charge in [0.2, 0.25) is 11.1 Å². The van der Waals surface area contributed by atoms with Crippen LogP contribution in [0.25, 0.3) is 0 Å². The first-order valence-electron chi connectivity index (χ1n) is 13.5. The van der Waals surface area contributed by atoms with Gasteiger partial charge in [-0.3, -0.25) is 9.59 Å². The minimum absolute atomic E-state index is 0.000952. The van der Waals surface area contributed by atoms with Crippen molar-refractivity contribution >= 4 is 0 Å². The molecule has 4 rings (SSSR count). The molecule has 35 heavy (non-hydrogen) atoms. The zero-order chi connectivity index (χ0) is 25.1. The zero-order valence-electron chi connectivity index (χ0n) is 22.1. The van der Waals surface area contributed by atoms with E-state index in [0.29, 0.717) is 12.1 Å². The van der Waals surface area contributed by atoms with Crippen LogP contribution in [0.3, 0.4) is 0 Å². The Morgan fingerprint density at radius 3 is 1.51 bits per heavy atom. The van der Waals surface area contributed by atoms with E-state index >= 15 is 0 Å². The van der Waals surface area contributed by atoms with E-state index in [2.05, 4.69) is 48.3 Å². The second-order valence-electron chi connectivity index (χ2n) is 12.4. The Bertz CT molecular complexity index is 1030. The maximum atomic E-state index is 11.8. The predicted molar refractivity (Wildman–Crippen MR) is 143 cm³/mol. The van der Waals surface area contributed by atoms with Gasteiger partial charge in [0.15, 0.2) is 0 Å². The molecule has 4 N–H and O–H groups in total. The molecule has 2 aromatic rings. The highest BCUT2D eigenvalue weighted by atomic mass is 16.1. The molecule has 0 unspecified atom stereocenters. The molecular weight excluding hydrogens is 436 g/mol. The van der Waals surface area contributed by atoms with Crippen LogP contribution in [0.4, 0.5) is 0 Å². The minimum Gasteiger partial charge on any atom is -0.326 e. The molecule has 2 heterocycles. The molecule has 0 fully saturated rings. The second kappa shape index (κ2) is 10.8. The lowest BCUT2D eigenvalue weighted by molar-refractivity contribution is 0.252. The highest BCUT2D eigenvalue weighted by molar-refractivity contribution is 5.29. The van der Waals surface area contributed by atoms with Crippen molar-refractivity contribution in [3.05, 3.63) is 67.5 Å². The highest BCUT2D eigenvalue weighted by Crippen LogP contribution is 2.40. The number of aromatic amines is 2. The zero-order valence-corrected chi connectivity index (χ0v) is 22.1. The summed E-state index contributed by atoms with van der Waals surface area (Å²) in [5, 5.41) is 7.52. The van der Waals surface area contributed by atoms with E-state index in [-0.39, 0.29) is 21.9 Å². The summed E-state index contributed by atoms with van der Waals surface area (Å²) in [5.74, 6) is 0. The van der Waals surface area contributed by atoms with Crippen molar-refractivity contribution in [2.75, 3.05) is 13.1 Å². The monoisotopic (exact) mass is 480 g/mol. The summed E-state index contributed by atoms with van der Waals surface area (Å²) in [6, 6.07) is 7.99. The second-order valence-corrected chi connectivity index (χ2v) is 12.4. The van der Waals surface area contributed by atoms with E-state index < -0.39 is 0 Å². The molecule has 2 aromatic heterocycles. The number of hydrogen-bond donors (Lipinski definition) is 4. The predicted octanol–water partition coefficient (Wildman–Crippen LogP) is 4.92. The van der Waals surface area contributed by atoms with Crippen LogP contribution in [-0.4, -0.2) is 23.1 Å². The van der Waals surface area contributed by atoms with Crippen molar-refractivity contribution in [1.29, 1.82) is 0 Å². The van der Waals surface area contributed by atoms with Crippen molar-refractivity contribution in [2.45, 2.75) is 97.6 Å². The van der Waals surface area contributed by atoms with E-state index in [1.165, 1.54) is 43.2 Å². The summed E-state index contributed by atoms with van der Waals surface area (Å²) in [5.41, 5.74) is 5.15. The molecule has 0 spiro atoms. The summed E-state index contributed by atoms with van der Waals surface area (Å²) in [6.07, 6.45) is 10.2. The number of hydrogen-bond acceptors (Lipinski definition) is 4. The van der Waals surface area contributed by atoms with Crippen LogP contribution in [0.15, 0.2) is 33.9 Å². The molecule has 2 aliphatic rings. The van der Waals surface area contributed by atoms with E-state index in [0.717, 1.165) is 50.2 Å². The Balaban J connectivity index is 1.14. The summed E-state index contributed by atoms with van der Waals surface area (Å²) in [6.45, 7) is 11.2. The van der Waals surface area contributed by atoms with Crippen LogP contribution in [0.1, 0.15) is 107 Å². The van der Waals surface area contributed by atoms with Gasteiger partial charge in [0.1, 0.15) is 0 Å². The van der Waals surface area contributed by atoms with Gasteiger partial charge < -0.3 is 20.6 Å². The Morgan fingerprint density at radius 2 is 1.09 bits per heavy atom. The third kappa shape index (κ3) is 6.95. The van der Waals surface area contributed by atoms with E-state index in [4.69, 9.17) is 0 Å². The number of aromatic nitrogens is 2. The molecule has 6 nitrogen and oxygen atoms in total. The lowest BCUT2D eigenvalue weighted by atomic mass is 9.74. The SMILES string of the molecule is CC1(C)Cc2[nH]c(=O)ccc2[C@H](NCCCCCCCN[C@@H]2CC(C)(C)Cc3[nH]c(=O)ccc32)C1. The van der Waals surface area contributed by atoms with Gasteiger partial charge in [0, 0.05) is 35.6 Å². The quantitative estimate of drug-likeness (QED) is 0.363. The summed E-state index contributed by atoms with van der Waals surface area (Å²) < 4.78 is 0. The third-order valence-corrected chi connectivity index (χ3v) is 7.78. The lowest BCUT2D eigenvalue weighted by Crippen LogP contribution is -2.35. The first-order valence-corrected chi connectivity index (χ1v) is 13.5. The Labute approximate surface area is 209 Å². The van der Waals surface area contributed by atoms with Crippen LogP contribution in [0.2, 0.25) is 0 Å². The average molecular weight is 481 g/mol. The van der Waals surface area contributed by atoms with Gasteiger partial charge in [0.25, 0.3) is 0 Å². The fourth-order valence-electron chi connectivity index (χ4n) is 6.13. The van der Waals surface area contributed by atoms with Crippen molar-refractivity contribution in [2.24, 2.45) is 10.8 Å². The molecule has 0 aliphatic heterocycles. The standard InChI is InChI=1S/C29H44N4O2/c1-28(2)16-22(20-10-12-26(34)32-24(20)18-28)30-14-8-6-5-7-9-15-31-23-17-29(3,4)19-25-21(23)11-13-27(35)33-25/h10-13,22-23,30-31H,5-9,14-19H2,1-4H3,(H,32,34)(H,33,35)/t22-,23-/m1/s1. The fourth-order valence-corrected chi connectivity index (χ4v) is 6.13. The normalized spacial score (nSPS) is 22.4. The summed E-state index contributed by atoms with van der Waals surface area (Å²) in [4.78, 5) is 29.6. The van der Waals surface area contributed by atoms with Crippen LogP contribution in [-0.2, 0) is 12.8 Å². The summed E-state index contributed by atoms with van der Waals surface area (Å²) >= 11 is 0. The fraction of sp³-hybridized carbons (Fsp3) is 0.655. The van der Waals surface area contributed by atoms with Gasteiger partial charge in [-0.15, -0.1) is 0 Å². The number of nitrogens with one attached hydrogen (secondary N) is 4. The van der Waals surface area contributed by atoms with Gasteiger partial charge in [0.05, 0.1) is 0 Å². The molecule has 0 saturated carbocycles. The van der Waals surface area contributed by atoms with Crippen LogP contribution >= 0.6 is 0 Å². The van der Waals surface area contributed by atoms with Gasteiger partial charge >= 0.3 is 0 Å². The maximum Gasteiger partial charge on any atom is 0.248 e. The number of rotatable bonds is 10. The van der Waals surface area contributed by atoms with Crippen molar-refractivity contribution < 1.29 is 0 Å². The number of unbranched alkanes of at least 4 members (excludes halogenated alkanes) is 4. The number of H-pyrrole nitrogens is 2. The van der Waals surface area contributed by atoms with Crippen molar-refractivity contribution in [1.82, 2.24) is 20.6 Å². The topological polar surface area (TPSA) is 89.8 Å².